The van der Waals surface area contributed by atoms with E-state index in [1.165, 1.54) is 11.8 Å². The standard InChI is InChI=1S/C8H10N2O3S/c1-14-8-9-6(11)5(7(12)10-8)13-4-2-3-4/h4-5H,2-3H2,1H3,(H,9,10,11,12). The maximum absolute atomic E-state index is 11.4. The van der Waals surface area contributed by atoms with Gasteiger partial charge in [0.2, 0.25) is 6.10 Å². The topological polar surface area (TPSA) is 67.8 Å². The lowest BCUT2D eigenvalue weighted by molar-refractivity contribution is -0.144. The number of carbonyl (C=O) groups is 2. The van der Waals surface area contributed by atoms with E-state index in [0.717, 1.165) is 12.8 Å². The first kappa shape index (κ1) is 9.67. The van der Waals surface area contributed by atoms with Gasteiger partial charge in [0.25, 0.3) is 11.8 Å². The Bertz CT molecular complexity index is 312. The number of nitrogens with zero attached hydrogens (tertiary/aromatic N) is 1. The van der Waals surface area contributed by atoms with E-state index in [1.54, 1.807) is 6.26 Å². The molecule has 1 unspecified atom stereocenters. The van der Waals surface area contributed by atoms with E-state index in [4.69, 9.17) is 4.74 Å². The zero-order valence-electron chi connectivity index (χ0n) is 7.65. The summed E-state index contributed by atoms with van der Waals surface area (Å²) in [6, 6.07) is 0. The van der Waals surface area contributed by atoms with E-state index in [0.29, 0.717) is 5.17 Å². The van der Waals surface area contributed by atoms with Crippen LogP contribution in [0.15, 0.2) is 4.99 Å². The number of thioether (sulfide) groups is 1. The molecule has 1 aliphatic carbocycles. The van der Waals surface area contributed by atoms with Gasteiger partial charge in [0.05, 0.1) is 6.10 Å². The summed E-state index contributed by atoms with van der Waals surface area (Å²) in [7, 11) is 0. The van der Waals surface area contributed by atoms with Crippen molar-refractivity contribution in [1.82, 2.24) is 5.32 Å². The van der Waals surface area contributed by atoms with Gasteiger partial charge >= 0.3 is 0 Å². The smallest absolute Gasteiger partial charge is 0.287 e. The molecule has 0 radical (unpaired) electrons. The van der Waals surface area contributed by atoms with Crippen LogP contribution in [0.5, 0.6) is 0 Å². The SMILES string of the molecule is CSC1=NC(=O)C(OC2CC2)C(=O)N1. The monoisotopic (exact) mass is 214 g/mol. The van der Waals surface area contributed by atoms with Crippen LogP contribution in [0, 0.1) is 0 Å². The fourth-order valence-corrected chi connectivity index (χ4v) is 1.47. The fraction of sp³-hybridized carbons (Fsp3) is 0.625. The molecule has 14 heavy (non-hydrogen) atoms. The molecule has 0 aromatic carbocycles. The molecule has 1 N–H and O–H groups in total. The van der Waals surface area contributed by atoms with Crippen molar-refractivity contribution in [3.63, 3.8) is 0 Å². The van der Waals surface area contributed by atoms with Crippen molar-refractivity contribution >= 4 is 28.7 Å². The molecule has 0 aromatic rings. The van der Waals surface area contributed by atoms with Gasteiger partial charge in [-0.05, 0) is 19.1 Å². The number of rotatable bonds is 2. The zero-order chi connectivity index (χ0) is 10.1. The van der Waals surface area contributed by atoms with E-state index < -0.39 is 17.9 Å². The lowest BCUT2D eigenvalue weighted by Gasteiger charge is -2.18. The van der Waals surface area contributed by atoms with Crippen molar-refractivity contribution in [2.75, 3.05) is 6.26 Å². The summed E-state index contributed by atoms with van der Waals surface area (Å²) in [4.78, 5) is 26.4. The number of ether oxygens (including phenoxy) is 1. The quantitative estimate of drug-likeness (QED) is 0.652. The van der Waals surface area contributed by atoms with Crippen molar-refractivity contribution in [2.45, 2.75) is 25.0 Å². The first-order valence-electron chi connectivity index (χ1n) is 4.33. The third-order valence-corrected chi connectivity index (χ3v) is 2.53. The first-order chi connectivity index (χ1) is 6.70. The fourth-order valence-electron chi connectivity index (χ4n) is 1.08. The van der Waals surface area contributed by atoms with Crippen molar-refractivity contribution in [2.24, 2.45) is 4.99 Å². The Morgan fingerprint density at radius 3 is 2.71 bits per heavy atom. The van der Waals surface area contributed by atoms with Gasteiger partial charge in [-0.15, -0.1) is 0 Å². The highest BCUT2D eigenvalue weighted by Gasteiger charge is 2.37. The van der Waals surface area contributed by atoms with Gasteiger partial charge in [-0.3, -0.25) is 9.59 Å². The molecule has 1 aliphatic heterocycles. The number of amidine groups is 1. The molecule has 2 rings (SSSR count). The summed E-state index contributed by atoms with van der Waals surface area (Å²) in [5.74, 6) is -0.897. The normalized spacial score (nSPS) is 27.2. The molecule has 1 atom stereocenters. The van der Waals surface area contributed by atoms with Crippen molar-refractivity contribution < 1.29 is 14.3 Å². The number of hydrogen-bond donors (Lipinski definition) is 1. The maximum Gasteiger partial charge on any atom is 0.287 e. The molecular formula is C8H10N2O3S. The van der Waals surface area contributed by atoms with Crippen LogP contribution in [-0.2, 0) is 14.3 Å². The number of aliphatic imine (C=N–C) groups is 1. The van der Waals surface area contributed by atoms with Gasteiger partial charge in [-0.25, -0.2) is 0 Å². The molecule has 1 heterocycles. The van der Waals surface area contributed by atoms with Gasteiger partial charge < -0.3 is 10.1 Å². The Labute approximate surface area is 85.3 Å². The molecule has 6 heteroatoms. The van der Waals surface area contributed by atoms with Crippen LogP contribution in [0.2, 0.25) is 0 Å². The molecule has 1 fully saturated rings. The second kappa shape index (κ2) is 3.70. The van der Waals surface area contributed by atoms with Crippen LogP contribution in [0.25, 0.3) is 0 Å². The summed E-state index contributed by atoms with van der Waals surface area (Å²) in [6.07, 6.45) is 2.64. The lowest BCUT2D eigenvalue weighted by atomic mass is 10.3. The van der Waals surface area contributed by atoms with E-state index in [9.17, 15) is 9.59 Å². The average Bonchev–Trinajstić information content (AvgIpc) is 2.94. The molecule has 2 aliphatic rings. The second-order valence-electron chi connectivity index (χ2n) is 3.16. The van der Waals surface area contributed by atoms with Crippen molar-refractivity contribution in [3.8, 4) is 0 Å². The molecule has 1 saturated carbocycles. The van der Waals surface area contributed by atoms with Crippen LogP contribution >= 0.6 is 11.8 Å². The Balaban J connectivity index is 2.06. The van der Waals surface area contributed by atoms with Gasteiger partial charge in [0.15, 0.2) is 5.17 Å². The minimum Gasteiger partial charge on any atom is -0.356 e. The van der Waals surface area contributed by atoms with E-state index in [2.05, 4.69) is 10.3 Å². The molecule has 5 nitrogen and oxygen atoms in total. The average molecular weight is 214 g/mol. The number of carbonyl (C=O) groups excluding carboxylic acids is 2. The summed E-state index contributed by atoms with van der Waals surface area (Å²) in [5, 5.41) is 2.85. The maximum atomic E-state index is 11.4. The summed E-state index contributed by atoms with van der Waals surface area (Å²) < 4.78 is 5.24. The molecular weight excluding hydrogens is 204 g/mol. The second-order valence-corrected chi connectivity index (χ2v) is 3.96. The van der Waals surface area contributed by atoms with Gasteiger partial charge in [-0.2, -0.15) is 4.99 Å². The Morgan fingerprint density at radius 1 is 1.50 bits per heavy atom. The third-order valence-electron chi connectivity index (χ3n) is 1.95. The Morgan fingerprint density at radius 2 is 2.21 bits per heavy atom. The van der Waals surface area contributed by atoms with Crippen molar-refractivity contribution in [3.05, 3.63) is 0 Å². The third kappa shape index (κ3) is 1.96. The highest BCUT2D eigenvalue weighted by Crippen LogP contribution is 2.26. The zero-order valence-corrected chi connectivity index (χ0v) is 8.47. The van der Waals surface area contributed by atoms with E-state index >= 15 is 0 Å². The number of nitrogens with one attached hydrogen (secondary N) is 1. The molecule has 0 bridgehead atoms. The van der Waals surface area contributed by atoms with E-state index in [-0.39, 0.29) is 6.10 Å². The van der Waals surface area contributed by atoms with Gasteiger partial charge in [0.1, 0.15) is 0 Å². The summed E-state index contributed by atoms with van der Waals surface area (Å²) >= 11 is 1.23. The molecule has 0 saturated heterocycles. The number of hydrogen-bond acceptors (Lipinski definition) is 4. The molecule has 0 spiro atoms. The largest absolute Gasteiger partial charge is 0.356 e. The summed E-state index contributed by atoms with van der Waals surface area (Å²) in [6.45, 7) is 0. The lowest BCUT2D eigenvalue weighted by Crippen LogP contribution is -2.48. The van der Waals surface area contributed by atoms with Gasteiger partial charge in [-0.1, -0.05) is 11.8 Å². The highest BCUT2D eigenvalue weighted by molar-refractivity contribution is 8.13. The molecule has 0 aromatic heterocycles. The molecule has 2 amide bonds. The van der Waals surface area contributed by atoms with Crippen LogP contribution in [-0.4, -0.2) is 35.4 Å². The minimum absolute atomic E-state index is 0.0701. The Hall–Kier alpha value is -0.880. The van der Waals surface area contributed by atoms with Crippen molar-refractivity contribution in [1.29, 1.82) is 0 Å². The predicted octanol–water partition coefficient (Wildman–Crippen LogP) is -0.0906. The van der Waals surface area contributed by atoms with Crippen LogP contribution < -0.4 is 5.32 Å². The summed E-state index contributed by atoms with van der Waals surface area (Å²) in [5.41, 5.74) is 0. The molecule has 76 valence electrons. The van der Waals surface area contributed by atoms with E-state index in [1.807, 2.05) is 0 Å². The first-order valence-corrected chi connectivity index (χ1v) is 5.56. The van der Waals surface area contributed by atoms with Crippen LogP contribution in [0.4, 0.5) is 0 Å². The van der Waals surface area contributed by atoms with Gasteiger partial charge in [0, 0.05) is 0 Å². The Kier molecular flexibility index (Phi) is 2.56. The predicted molar refractivity (Wildman–Crippen MR) is 52.0 cm³/mol. The highest BCUT2D eigenvalue weighted by atomic mass is 32.2. The minimum atomic E-state index is -1.03. The van der Waals surface area contributed by atoms with Crippen LogP contribution in [0.1, 0.15) is 12.8 Å². The number of amides is 2. The van der Waals surface area contributed by atoms with Crippen LogP contribution in [0.3, 0.4) is 0 Å².